The molecule has 1 N–H and O–H groups in total. The van der Waals surface area contributed by atoms with Crippen molar-refractivity contribution in [3.05, 3.63) is 90.0 Å². The van der Waals surface area contributed by atoms with Gasteiger partial charge in [-0.15, -0.1) is 0 Å². The molecule has 5 rings (SSSR count). The van der Waals surface area contributed by atoms with Crippen molar-refractivity contribution in [2.24, 2.45) is 0 Å². The molecule has 0 atom stereocenters. The molecule has 172 valence electrons. The maximum absolute atomic E-state index is 14.2. The molecule has 2 aromatic heterocycles. The third-order valence-corrected chi connectivity index (χ3v) is 6.01. The summed E-state index contributed by atoms with van der Waals surface area (Å²) in [5.74, 6) is 0.870. The lowest BCUT2D eigenvalue weighted by molar-refractivity contribution is 0.0951. The average Bonchev–Trinajstić information content (AvgIpc) is 3.38. The number of nitrogens with one attached hydrogen (secondary N) is 1. The number of carbonyl (C=O) groups is 1. The molecule has 34 heavy (non-hydrogen) atoms. The van der Waals surface area contributed by atoms with E-state index in [1.807, 2.05) is 18.2 Å². The van der Waals surface area contributed by atoms with Crippen LogP contribution in [0.1, 0.15) is 35.2 Å². The number of benzene rings is 2. The molecule has 6 nitrogen and oxygen atoms in total. The highest BCUT2D eigenvalue weighted by atomic mass is 19.1. The van der Waals surface area contributed by atoms with Crippen LogP contribution in [0, 0.1) is 5.82 Å². The molecule has 0 saturated carbocycles. The van der Waals surface area contributed by atoms with E-state index < -0.39 is 5.82 Å². The fourth-order valence-corrected chi connectivity index (χ4v) is 4.28. The predicted octanol–water partition coefficient (Wildman–Crippen LogP) is 5.46. The van der Waals surface area contributed by atoms with Crippen molar-refractivity contribution in [2.45, 2.75) is 25.8 Å². The quantitative estimate of drug-likeness (QED) is 0.417. The van der Waals surface area contributed by atoms with Crippen LogP contribution in [0.2, 0.25) is 0 Å². The Morgan fingerprint density at radius 1 is 0.941 bits per heavy atom. The molecule has 1 fully saturated rings. The molecule has 0 unspecified atom stereocenters. The molecule has 1 aliphatic rings. The highest BCUT2D eigenvalue weighted by Gasteiger charge is 2.19. The van der Waals surface area contributed by atoms with Gasteiger partial charge in [0.25, 0.3) is 5.91 Å². The summed E-state index contributed by atoms with van der Waals surface area (Å²) in [5, 5.41) is 3.02. The van der Waals surface area contributed by atoms with Gasteiger partial charge in [0, 0.05) is 37.0 Å². The summed E-state index contributed by atoms with van der Waals surface area (Å²) in [6, 6.07) is 17.4. The number of pyridine rings is 1. The molecular weight excluding hydrogens is 431 g/mol. The van der Waals surface area contributed by atoms with E-state index in [9.17, 15) is 9.18 Å². The summed E-state index contributed by atoms with van der Waals surface area (Å²) >= 11 is 0. The summed E-state index contributed by atoms with van der Waals surface area (Å²) in [5.41, 5.74) is 2.29. The van der Waals surface area contributed by atoms with E-state index >= 15 is 0 Å². The minimum Gasteiger partial charge on any atom is -0.436 e. The van der Waals surface area contributed by atoms with Gasteiger partial charge in [-0.05, 0) is 49.6 Å². The highest BCUT2D eigenvalue weighted by Crippen LogP contribution is 2.29. The number of amides is 1. The van der Waals surface area contributed by atoms with E-state index in [1.54, 1.807) is 42.6 Å². The van der Waals surface area contributed by atoms with Crippen LogP contribution in [0.5, 0.6) is 0 Å². The molecule has 7 heteroatoms. The largest absolute Gasteiger partial charge is 0.436 e. The van der Waals surface area contributed by atoms with Crippen molar-refractivity contribution in [1.29, 1.82) is 0 Å². The van der Waals surface area contributed by atoms with Crippen LogP contribution in [0.4, 0.5) is 10.2 Å². The molecule has 0 bridgehead atoms. The van der Waals surface area contributed by atoms with E-state index in [1.165, 1.54) is 18.7 Å². The number of rotatable bonds is 6. The first-order valence-electron chi connectivity index (χ1n) is 11.5. The molecule has 0 spiro atoms. The normalized spacial score (nSPS) is 13.6. The second-order valence-electron chi connectivity index (χ2n) is 8.27. The first kappa shape index (κ1) is 21.8. The number of hydrogen-bond acceptors (Lipinski definition) is 5. The van der Waals surface area contributed by atoms with Gasteiger partial charge >= 0.3 is 0 Å². The number of anilines is 1. The number of carbonyl (C=O) groups excluding carboxylic acids is 1. The standard InChI is InChI=1S/C27H25FN4O2/c28-23-13-5-4-12-22(23)24-18-31-27(34-24)21-11-3-2-10-20(21)26(33)30-17-19-9-8-14-29-25(19)32-15-6-1-7-16-32/h2-5,8-14,18H,1,6-7,15-17H2,(H,30,33). The monoisotopic (exact) mass is 456 g/mol. The van der Waals surface area contributed by atoms with Crippen LogP contribution in [-0.2, 0) is 6.54 Å². The molecule has 3 heterocycles. The topological polar surface area (TPSA) is 71.3 Å². The summed E-state index contributed by atoms with van der Waals surface area (Å²) in [4.78, 5) is 24.3. The molecule has 4 aromatic rings. The Labute approximate surface area is 197 Å². The number of nitrogens with zero attached hydrogens (tertiary/aromatic N) is 3. The number of aromatic nitrogens is 2. The van der Waals surface area contributed by atoms with Gasteiger partial charge in [0.15, 0.2) is 5.76 Å². The lowest BCUT2D eigenvalue weighted by Gasteiger charge is -2.29. The second kappa shape index (κ2) is 9.87. The van der Waals surface area contributed by atoms with Crippen molar-refractivity contribution >= 4 is 11.7 Å². The van der Waals surface area contributed by atoms with Gasteiger partial charge in [-0.25, -0.2) is 14.4 Å². The van der Waals surface area contributed by atoms with Crippen LogP contribution < -0.4 is 10.2 Å². The minimum atomic E-state index is -0.391. The van der Waals surface area contributed by atoms with Crippen LogP contribution >= 0.6 is 0 Å². The smallest absolute Gasteiger partial charge is 0.252 e. The summed E-state index contributed by atoms with van der Waals surface area (Å²) in [7, 11) is 0. The Hall–Kier alpha value is -4.00. The zero-order valence-corrected chi connectivity index (χ0v) is 18.7. The maximum atomic E-state index is 14.2. The highest BCUT2D eigenvalue weighted by molar-refractivity contribution is 6.00. The number of hydrogen-bond donors (Lipinski definition) is 1. The van der Waals surface area contributed by atoms with Gasteiger partial charge < -0.3 is 14.6 Å². The van der Waals surface area contributed by atoms with Crippen molar-refractivity contribution in [3.8, 4) is 22.8 Å². The lowest BCUT2D eigenvalue weighted by atomic mass is 10.1. The van der Waals surface area contributed by atoms with Crippen molar-refractivity contribution in [1.82, 2.24) is 15.3 Å². The first-order valence-corrected chi connectivity index (χ1v) is 11.5. The van der Waals surface area contributed by atoms with Gasteiger partial charge in [-0.3, -0.25) is 4.79 Å². The van der Waals surface area contributed by atoms with E-state index in [0.29, 0.717) is 29.0 Å². The zero-order chi connectivity index (χ0) is 23.3. The molecule has 1 amide bonds. The zero-order valence-electron chi connectivity index (χ0n) is 18.7. The van der Waals surface area contributed by atoms with Crippen LogP contribution in [0.15, 0.2) is 77.5 Å². The third kappa shape index (κ3) is 4.55. The fraction of sp³-hybridized carbons (Fsp3) is 0.222. The van der Waals surface area contributed by atoms with Gasteiger partial charge in [-0.2, -0.15) is 0 Å². The number of piperidine rings is 1. The van der Waals surface area contributed by atoms with Crippen molar-refractivity contribution in [2.75, 3.05) is 18.0 Å². The molecular formula is C27H25FN4O2. The maximum Gasteiger partial charge on any atom is 0.252 e. The Morgan fingerprint density at radius 2 is 1.71 bits per heavy atom. The van der Waals surface area contributed by atoms with Crippen molar-refractivity contribution < 1.29 is 13.6 Å². The van der Waals surface area contributed by atoms with Crippen molar-refractivity contribution in [3.63, 3.8) is 0 Å². The Kier molecular flexibility index (Phi) is 6.33. The van der Waals surface area contributed by atoms with E-state index in [-0.39, 0.29) is 11.8 Å². The fourth-order valence-electron chi connectivity index (χ4n) is 4.28. The van der Waals surface area contributed by atoms with E-state index in [2.05, 4.69) is 20.2 Å². The molecule has 1 aliphatic heterocycles. The van der Waals surface area contributed by atoms with Gasteiger partial charge in [0.05, 0.1) is 17.3 Å². The lowest BCUT2D eigenvalue weighted by Crippen LogP contribution is -2.32. The Bertz CT molecular complexity index is 1300. The summed E-state index contributed by atoms with van der Waals surface area (Å²) < 4.78 is 20.0. The predicted molar refractivity (Wildman–Crippen MR) is 129 cm³/mol. The Morgan fingerprint density at radius 3 is 2.53 bits per heavy atom. The van der Waals surface area contributed by atoms with Gasteiger partial charge in [0.2, 0.25) is 5.89 Å². The Balaban J connectivity index is 1.36. The van der Waals surface area contributed by atoms with Crippen LogP contribution in [-0.4, -0.2) is 29.0 Å². The summed E-state index contributed by atoms with van der Waals surface area (Å²) in [6.45, 7) is 2.32. The average molecular weight is 457 g/mol. The third-order valence-electron chi connectivity index (χ3n) is 6.01. The molecule has 0 radical (unpaired) electrons. The molecule has 2 aromatic carbocycles. The molecule has 0 aliphatic carbocycles. The summed E-state index contributed by atoms with van der Waals surface area (Å²) in [6.07, 6.45) is 6.82. The van der Waals surface area contributed by atoms with Crippen LogP contribution in [0.25, 0.3) is 22.8 Å². The molecule has 1 saturated heterocycles. The van der Waals surface area contributed by atoms with Crippen LogP contribution in [0.3, 0.4) is 0 Å². The number of oxazole rings is 1. The van der Waals surface area contributed by atoms with E-state index in [0.717, 1.165) is 37.3 Å². The SMILES string of the molecule is O=C(NCc1cccnc1N1CCCCC1)c1ccccc1-c1ncc(-c2ccccc2F)o1. The van der Waals surface area contributed by atoms with Gasteiger partial charge in [-0.1, -0.05) is 30.3 Å². The van der Waals surface area contributed by atoms with E-state index in [4.69, 9.17) is 4.42 Å². The van der Waals surface area contributed by atoms with Gasteiger partial charge in [0.1, 0.15) is 11.6 Å². The minimum absolute atomic E-state index is 0.241. The first-order chi connectivity index (χ1) is 16.7. The second-order valence-corrected chi connectivity index (χ2v) is 8.27. The number of halogens is 1.